The maximum atomic E-state index is 12.3. The van der Waals surface area contributed by atoms with Crippen molar-refractivity contribution in [1.82, 2.24) is 9.55 Å². The molecule has 0 unspecified atom stereocenters. The molecule has 0 aliphatic carbocycles. The van der Waals surface area contributed by atoms with Crippen LogP contribution in [0.1, 0.15) is 23.8 Å². The highest BCUT2D eigenvalue weighted by Gasteiger charge is 2.35. The van der Waals surface area contributed by atoms with E-state index < -0.39 is 29.0 Å². The quantitative estimate of drug-likeness (QED) is 0.520. The number of benzene rings is 1. The highest BCUT2D eigenvalue weighted by atomic mass is 16.6. The summed E-state index contributed by atoms with van der Waals surface area (Å²) >= 11 is 0. The molecule has 0 amide bonds. The van der Waals surface area contributed by atoms with Gasteiger partial charge in [-0.1, -0.05) is 12.1 Å². The number of rotatable bonds is 7. The number of aliphatic hydroxyl groups excluding tert-OH is 2. The van der Waals surface area contributed by atoms with Crippen LogP contribution in [0.25, 0.3) is 0 Å². The van der Waals surface area contributed by atoms with E-state index >= 15 is 0 Å². The van der Waals surface area contributed by atoms with Crippen LogP contribution in [0.3, 0.4) is 0 Å². The Hall–Kier alpha value is -2.82. The number of aryl methyl sites for hydroxylation is 1. The average molecular weight is 391 g/mol. The number of nitrogens with zero attached hydrogens (tertiary/aromatic N) is 3. The van der Waals surface area contributed by atoms with Crippen molar-refractivity contribution in [2.24, 2.45) is 0 Å². The number of hydrogen-bond donors (Lipinski definition) is 2. The zero-order valence-corrected chi connectivity index (χ0v) is 15.2. The Morgan fingerprint density at radius 2 is 2.11 bits per heavy atom. The first-order valence-electron chi connectivity index (χ1n) is 8.79. The normalized spacial score (nSPS) is 21.6. The number of ether oxygens (including phenoxy) is 2. The molecule has 1 aliphatic heterocycles. The van der Waals surface area contributed by atoms with E-state index in [2.05, 4.69) is 4.98 Å². The summed E-state index contributed by atoms with van der Waals surface area (Å²) in [6.07, 6.45) is -0.0341. The Labute approximate surface area is 160 Å². The summed E-state index contributed by atoms with van der Waals surface area (Å²) < 4.78 is 12.4. The molecule has 1 aromatic heterocycles. The fourth-order valence-electron chi connectivity index (χ4n) is 3.00. The lowest BCUT2D eigenvalue weighted by Crippen LogP contribution is -2.28. The van der Waals surface area contributed by atoms with Gasteiger partial charge in [-0.25, -0.2) is 4.79 Å². The van der Waals surface area contributed by atoms with Crippen molar-refractivity contribution in [1.29, 1.82) is 0 Å². The molecule has 1 aromatic carbocycles. The number of hydrogen-bond acceptors (Lipinski definition) is 8. The minimum Gasteiger partial charge on any atom is -0.477 e. The molecule has 1 fully saturated rings. The van der Waals surface area contributed by atoms with Crippen molar-refractivity contribution in [2.75, 3.05) is 13.2 Å². The highest BCUT2D eigenvalue weighted by Crippen LogP contribution is 2.28. The SMILES string of the molecule is Cc1cn([C@H]2C[C@H](O)[C@@H](CO)O2)c(=O)nc1OCCc1ccc([N+](=O)[O-])cc1. The molecule has 3 atom stereocenters. The van der Waals surface area contributed by atoms with Crippen LogP contribution in [0, 0.1) is 17.0 Å². The minimum atomic E-state index is -0.847. The molecule has 0 spiro atoms. The standard InChI is InChI=1S/C18H21N3O7/c1-11-9-20(16-8-14(23)15(10-22)28-16)18(24)19-17(11)27-7-6-12-2-4-13(5-3-12)21(25)26/h2-5,9,14-16,22-23H,6-8,10H2,1H3/t14-,15+,16+/m0/s1. The predicted molar refractivity (Wildman–Crippen MR) is 97.1 cm³/mol. The van der Waals surface area contributed by atoms with Gasteiger partial charge in [-0.2, -0.15) is 4.98 Å². The second-order valence-corrected chi connectivity index (χ2v) is 6.56. The van der Waals surface area contributed by atoms with E-state index in [1.165, 1.54) is 16.7 Å². The van der Waals surface area contributed by atoms with Crippen molar-refractivity contribution < 1.29 is 24.6 Å². The first kappa shape index (κ1) is 19.9. The average Bonchev–Trinajstić information content (AvgIpc) is 3.05. The summed E-state index contributed by atoms with van der Waals surface area (Å²) in [6.45, 7) is 1.65. The molecule has 2 aromatic rings. The summed E-state index contributed by atoms with van der Waals surface area (Å²) in [6, 6.07) is 6.16. The summed E-state index contributed by atoms with van der Waals surface area (Å²) in [7, 11) is 0. The van der Waals surface area contributed by atoms with Gasteiger partial charge in [-0.05, 0) is 12.5 Å². The van der Waals surface area contributed by atoms with E-state index in [-0.39, 0.29) is 31.2 Å². The predicted octanol–water partition coefficient (Wildman–Crippen LogP) is 0.722. The Bertz CT molecular complexity index is 897. The van der Waals surface area contributed by atoms with Gasteiger partial charge in [0.05, 0.1) is 24.2 Å². The summed E-state index contributed by atoms with van der Waals surface area (Å²) in [4.78, 5) is 26.4. The van der Waals surface area contributed by atoms with Crippen LogP contribution < -0.4 is 10.4 Å². The van der Waals surface area contributed by atoms with Gasteiger partial charge >= 0.3 is 5.69 Å². The molecule has 1 saturated heterocycles. The molecule has 10 heteroatoms. The molecule has 0 radical (unpaired) electrons. The summed E-state index contributed by atoms with van der Waals surface area (Å²) in [5, 5.41) is 29.6. The number of nitro groups is 1. The second-order valence-electron chi connectivity index (χ2n) is 6.56. The highest BCUT2D eigenvalue weighted by molar-refractivity contribution is 5.33. The molecule has 150 valence electrons. The third-order valence-corrected chi connectivity index (χ3v) is 4.56. The molecular formula is C18H21N3O7. The van der Waals surface area contributed by atoms with Gasteiger partial charge in [0.1, 0.15) is 12.3 Å². The summed E-state index contributed by atoms with van der Waals surface area (Å²) in [5.74, 6) is 0.195. The van der Waals surface area contributed by atoms with Crippen LogP contribution in [0.2, 0.25) is 0 Å². The van der Waals surface area contributed by atoms with Crippen molar-refractivity contribution in [2.45, 2.75) is 38.2 Å². The van der Waals surface area contributed by atoms with Gasteiger partial charge in [0.25, 0.3) is 5.69 Å². The maximum Gasteiger partial charge on any atom is 0.352 e. The fourth-order valence-corrected chi connectivity index (χ4v) is 3.00. The topological polar surface area (TPSA) is 137 Å². The lowest BCUT2D eigenvalue weighted by Gasteiger charge is -2.16. The molecular weight excluding hydrogens is 370 g/mol. The lowest BCUT2D eigenvalue weighted by molar-refractivity contribution is -0.384. The van der Waals surface area contributed by atoms with Gasteiger partial charge in [-0.3, -0.25) is 14.7 Å². The van der Waals surface area contributed by atoms with Gasteiger partial charge in [-0.15, -0.1) is 0 Å². The van der Waals surface area contributed by atoms with E-state index in [0.29, 0.717) is 12.0 Å². The Morgan fingerprint density at radius 1 is 1.39 bits per heavy atom. The van der Waals surface area contributed by atoms with Crippen molar-refractivity contribution in [3.05, 3.63) is 62.2 Å². The molecule has 28 heavy (non-hydrogen) atoms. The molecule has 1 aliphatic rings. The molecule has 3 rings (SSSR count). The molecule has 2 heterocycles. The molecule has 10 nitrogen and oxygen atoms in total. The number of aliphatic hydroxyl groups is 2. The van der Waals surface area contributed by atoms with Crippen LogP contribution >= 0.6 is 0 Å². The monoisotopic (exact) mass is 391 g/mol. The van der Waals surface area contributed by atoms with Crippen LogP contribution in [0.5, 0.6) is 5.88 Å². The van der Waals surface area contributed by atoms with Crippen LogP contribution in [0.15, 0.2) is 35.3 Å². The number of nitro benzene ring substituents is 1. The Balaban J connectivity index is 1.63. The smallest absolute Gasteiger partial charge is 0.352 e. The van der Waals surface area contributed by atoms with Crippen LogP contribution in [-0.2, 0) is 11.2 Å². The van der Waals surface area contributed by atoms with Gasteiger partial charge in [0.2, 0.25) is 5.88 Å². The Morgan fingerprint density at radius 3 is 2.71 bits per heavy atom. The van der Waals surface area contributed by atoms with E-state index in [1.54, 1.807) is 25.3 Å². The van der Waals surface area contributed by atoms with Crippen molar-refractivity contribution in [3.63, 3.8) is 0 Å². The summed E-state index contributed by atoms with van der Waals surface area (Å²) in [5.41, 5.74) is 0.925. The van der Waals surface area contributed by atoms with Gasteiger partial charge in [0.15, 0.2) is 0 Å². The van der Waals surface area contributed by atoms with E-state index in [1.807, 2.05) is 0 Å². The first-order valence-corrected chi connectivity index (χ1v) is 8.79. The molecule has 0 saturated carbocycles. The largest absolute Gasteiger partial charge is 0.477 e. The molecule has 2 N–H and O–H groups in total. The number of non-ortho nitro benzene ring substituents is 1. The van der Waals surface area contributed by atoms with Gasteiger partial charge in [0, 0.05) is 36.7 Å². The zero-order chi connectivity index (χ0) is 20.3. The third-order valence-electron chi connectivity index (χ3n) is 4.56. The third kappa shape index (κ3) is 4.35. The van der Waals surface area contributed by atoms with Gasteiger partial charge < -0.3 is 19.7 Å². The van der Waals surface area contributed by atoms with Crippen molar-refractivity contribution >= 4 is 5.69 Å². The zero-order valence-electron chi connectivity index (χ0n) is 15.2. The first-order chi connectivity index (χ1) is 13.4. The maximum absolute atomic E-state index is 12.3. The van der Waals surface area contributed by atoms with E-state index in [4.69, 9.17) is 14.6 Å². The number of aromatic nitrogens is 2. The molecule has 0 bridgehead atoms. The fraction of sp³-hybridized carbons (Fsp3) is 0.444. The van der Waals surface area contributed by atoms with E-state index in [9.17, 15) is 20.0 Å². The Kier molecular flexibility index (Phi) is 6.02. The minimum absolute atomic E-state index is 0.0217. The van der Waals surface area contributed by atoms with E-state index in [0.717, 1.165) is 5.56 Å². The van der Waals surface area contributed by atoms with Crippen LogP contribution in [-0.4, -0.2) is 50.1 Å². The lowest BCUT2D eigenvalue weighted by atomic mass is 10.1. The second kappa shape index (κ2) is 8.46. The van der Waals surface area contributed by atoms with Crippen molar-refractivity contribution in [3.8, 4) is 5.88 Å². The van der Waals surface area contributed by atoms with Crippen LogP contribution in [0.4, 0.5) is 5.69 Å².